The van der Waals surface area contributed by atoms with Crippen LogP contribution in [-0.2, 0) is 10.3 Å². The van der Waals surface area contributed by atoms with Crippen LogP contribution in [0.25, 0.3) is 0 Å². The fourth-order valence-electron chi connectivity index (χ4n) is 1.74. The predicted octanol–water partition coefficient (Wildman–Crippen LogP) is 2.16. The van der Waals surface area contributed by atoms with Gasteiger partial charge < -0.3 is 0 Å². The molecule has 2 rings (SSSR count). The number of rotatable bonds is 4. The number of nitrogens with one attached hydrogen (secondary N) is 2. The van der Waals surface area contributed by atoms with E-state index in [2.05, 4.69) is 31.9 Å². The summed E-state index contributed by atoms with van der Waals surface area (Å²) in [5, 5.41) is 6.39. The molecular weight excluding hydrogens is 324 g/mol. The summed E-state index contributed by atoms with van der Waals surface area (Å²) in [6.07, 6.45) is 0. The van der Waals surface area contributed by atoms with Crippen LogP contribution < -0.4 is 15.5 Å². The lowest BCUT2D eigenvalue weighted by molar-refractivity contribution is -0.735. The summed E-state index contributed by atoms with van der Waals surface area (Å²) in [6.45, 7) is 5.45. The predicted molar refractivity (Wildman–Crippen MR) is 77.5 cm³/mol. The van der Waals surface area contributed by atoms with Gasteiger partial charge in [-0.15, -0.1) is 0 Å². The summed E-state index contributed by atoms with van der Waals surface area (Å²) in [5.74, 6) is 0.0326. The molecule has 0 aliphatic rings. The van der Waals surface area contributed by atoms with Crippen molar-refractivity contribution < 1.29 is 14.1 Å². The highest BCUT2D eigenvalue weighted by atomic mass is 79.9. The maximum Gasteiger partial charge on any atom is 0.372 e. The molecule has 0 aliphatic heterocycles. The topological polar surface area (TPSA) is 71.0 Å². The number of hydrogen-bond donors (Lipinski definition) is 2. The zero-order valence-corrected chi connectivity index (χ0v) is 13.1. The van der Waals surface area contributed by atoms with Gasteiger partial charge in [0.15, 0.2) is 0 Å². The first kappa shape index (κ1) is 14.5. The van der Waals surface area contributed by atoms with Crippen molar-refractivity contribution in [3.8, 4) is 0 Å². The summed E-state index contributed by atoms with van der Waals surface area (Å²) in [4.78, 5) is 12.5. The van der Waals surface area contributed by atoms with E-state index in [9.17, 15) is 4.79 Å². The molecule has 1 amide bonds. The van der Waals surface area contributed by atoms with Gasteiger partial charge in [0.05, 0.1) is 4.79 Å². The Morgan fingerprint density at radius 3 is 2.60 bits per heavy atom. The lowest BCUT2D eigenvalue weighted by Crippen LogP contribution is -2.55. The average Bonchev–Trinajstić information content (AvgIpc) is 2.71. The van der Waals surface area contributed by atoms with Gasteiger partial charge in [-0.2, -0.15) is 5.43 Å². The summed E-state index contributed by atoms with van der Waals surface area (Å²) in [5.41, 5.74) is 3.95. The second kappa shape index (κ2) is 5.62. The SMILES string of the molecule is CC(=O)Nc1on[n+](NC(C)(C)c2ccccc2)c1Br. The Bertz CT molecular complexity index is 610. The van der Waals surface area contributed by atoms with E-state index in [0.717, 1.165) is 5.56 Å². The first-order valence-electron chi connectivity index (χ1n) is 6.09. The smallest absolute Gasteiger partial charge is 0.288 e. The van der Waals surface area contributed by atoms with Crippen molar-refractivity contribution in [3.63, 3.8) is 0 Å². The summed E-state index contributed by atoms with van der Waals surface area (Å²) >= 11 is 3.33. The van der Waals surface area contributed by atoms with Crippen LogP contribution in [0.2, 0.25) is 0 Å². The zero-order chi connectivity index (χ0) is 14.8. The highest BCUT2D eigenvalue weighted by Gasteiger charge is 2.31. The minimum Gasteiger partial charge on any atom is -0.288 e. The van der Waals surface area contributed by atoms with Crippen molar-refractivity contribution in [2.45, 2.75) is 26.3 Å². The number of nitrogens with zero attached hydrogens (tertiary/aromatic N) is 2. The Balaban J connectivity index is 2.22. The van der Waals surface area contributed by atoms with Crippen molar-refractivity contribution in [2.75, 3.05) is 10.7 Å². The highest BCUT2D eigenvalue weighted by Crippen LogP contribution is 2.21. The van der Waals surface area contributed by atoms with Crippen LogP contribution in [0.3, 0.4) is 0 Å². The monoisotopic (exact) mass is 339 g/mol. The summed E-state index contributed by atoms with van der Waals surface area (Å²) in [7, 11) is 0. The van der Waals surface area contributed by atoms with E-state index in [-0.39, 0.29) is 17.3 Å². The van der Waals surface area contributed by atoms with Crippen LogP contribution in [0, 0.1) is 0 Å². The number of aromatic nitrogens is 2. The molecule has 2 N–H and O–H groups in total. The molecular formula is C13H16BrN4O2+. The molecule has 0 saturated heterocycles. The van der Waals surface area contributed by atoms with Gasteiger partial charge in [-0.1, -0.05) is 30.3 Å². The molecule has 1 heterocycles. The maximum absolute atomic E-state index is 11.0. The molecule has 6 nitrogen and oxygen atoms in total. The third-order valence-corrected chi connectivity index (χ3v) is 3.45. The van der Waals surface area contributed by atoms with E-state index >= 15 is 0 Å². The first-order valence-corrected chi connectivity index (χ1v) is 6.88. The molecule has 0 fully saturated rings. The van der Waals surface area contributed by atoms with Crippen LogP contribution in [0.4, 0.5) is 5.88 Å². The van der Waals surface area contributed by atoms with Crippen LogP contribution in [0.15, 0.2) is 39.5 Å². The highest BCUT2D eigenvalue weighted by molar-refractivity contribution is 9.10. The molecule has 0 unspecified atom stereocenters. The van der Waals surface area contributed by atoms with E-state index in [0.29, 0.717) is 4.60 Å². The quantitative estimate of drug-likeness (QED) is 0.837. The third kappa shape index (κ3) is 3.16. The second-order valence-electron chi connectivity index (χ2n) is 4.89. The fourth-order valence-corrected chi connectivity index (χ4v) is 2.06. The molecule has 0 bridgehead atoms. The Morgan fingerprint density at radius 2 is 2.00 bits per heavy atom. The maximum atomic E-state index is 11.0. The Hall–Kier alpha value is -1.89. The van der Waals surface area contributed by atoms with Gasteiger partial charge in [-0.3, -0.25) is 14.6 Å². The second-order valence-corrected chi connectivity index (χ2v) is 5.64. The Morgan fingerprint density at radius 1 is 1.35 bits per heavy atom. The molecule has 2 aromatic rings. The van der Waals surface area contributed by atoms with E-state index in [1.165, 1.54) is 11.7 Å². The van der Waals surface area contributed by atoms with Gasteiger partial charge in [-0.05, 0) is 19.4 Å². The first-order chi connectivity index (χ1) is 9.40. The van der Waals surface area contributed by atoms with Gasteiger partial charge >= 0.3 is 10.5 Å². The molecule has 0 atom stereocenters. The van der Waals surface area contributed by atoms with Crippen molar-refractivity contribution >= 4 is 27.7 Å². The number of hydrogen-bond acceptors (Lipinski definition) is 4. The van der Waals surface area contributed by atoms with Gasteiger partial charge in [0, 0.05) is 22.9 Å². The van der Waals surface area contributed by atoms with Gasteiger partial charge in [0.2, 0.25) is 11.2 Å². The minimum absolute atomic E-state index is 0.226. The summed E-state index contributed by atoms with van der Waals surface area (Å²) < 4.78 is 5.57. The van der Waals surface area contributed by atoms with Crippen LogP contribution in [0.1, 0.15) is 26.3 Å². The van der Waals surface area contributed by atoms with E-state index in [1.54, 1.807) is 0 Å². The third-order valence-electron chi connectivity index (χ3n) is 2.76. The zero-order valence-electron chi connectivity index (χ0n) is 11.5. The summed E-state index contributed by atoms with van der Waals surface area (Å²) in [6, 6.07) is 9.97. The lowest BCUT2D eigenvalue weighted by atomic mass is 9.95. The van der Waals surface area contributed by atoms with Gasteiger partial charge in [0.25, 0.3) is 0 Å². The standard InChI is InChI=1S/C13H15BrN4O2/c1-9(19)15-12-11(14)18(17-20-12)16-13(2,3)10-7-5-4-6-8-10/h4-8H,1-3H3,(H-,15,16,17,19)/p+1. The molecule has 7 heteroatoms. The number of benzene rings is 1. The van der Waals surface area contributed by atoms with E-state index in [1.807, 2.05) is 44.2 Å². The molecule has 0 radical (unpaired) electrons. The molecule has 0 aliphatic carbocycles. The number of amides is 1. The van der Waals surface area contributed by atoms with Crippen LogP contribution in [0.5, 0.6) is 0 Å². The van der Waals surface area contributed by atoms with Crippen LogP contribution >= 0.6 is 15.9 Å². The van der Waals surface area contributed by atoms with Crippen molar-refractivity contribution in [2.24, 2.45) is 0 Å². The number of carbonyl (C=O) groups is 1. The van der Waals surface area contributed by atoms with Crippen molar-refractivity contribution in [1.82, 2.24) is 5.27 Å². The van der Waals surface area contributed by atoms with Crippen molar-refractivity contribution in [3.05, 3.63) is 40.5 Å². The van der Waals surface area contributed by atoms with Gasteiger partial charge in [-0.25, -0.2) is 0 Å². The van der Waals surface area contributed by atoms with Gasteiger partial charge in [0.1, 0.15) is 5.54 Å². The van der Waals surface area contributed by atoms with E-state index in [4.69, 9.17) is 4.52 Å². The lowest BCUT2D eigenvalue weighted by Gasteiger charge is -2.21. The molecule has 0 spiro atoms. The minimum atomic E-state index is -0.362. The Kier molecular flexibility index (Phi) is 4.08. The molecule has 106 valence electrons. The van der Waals surface area contributed by atoms with Crippen LogP contribution in [-0.4, -0.2) is 11.2 Å². The Labute approximate surface area is 125 Å². The fraction of sp³-hybridized carbons (Fsp3) is 0.308. The van der Waals surface area contributed by atoms with E-state index < -0.39 is 0 Å². The average molecular weight is 340 g/mol. The number of anilines is 1. The largest absolute Gasteiger partial charge is 0.372 e. The number of carbonyl (C=O) groups excluding carboxylic acids is 1. The molecule has 1 aromatic carbocycles. The molecule has 0 saturated carbocycles. The normalized spacial score (nSPS) is 11.2. The molecule has 1 aromatic heterocycles. The molecule has 20 heavy (non-hydrogen) atoms. The van der Waals surface area contributed by atoms with Crippen molar-refractivity contribution in [1.29, 1.82) is 0 Å². The number of halogens is 1.